The van der Waals surface area contributed by atoms with E-state index in [-0.39, 0.29) is 12.4 Å². The normalized spacial score (nSPS) is 14.8. The molecule has 1 N–H and O–H groups in total. The average molecular weight is 296 g/mol. The van der Waals surface area contributed by atoms with Gasteiger partial charge in [-0.3, -0.25) is 0 Å². The summed E-state index contributed by atoms with van der Waals surface area (Å²) >= 11 is 2.37. The third-order valence-corrected chi connectivity index (χ3v) is 2.73. The highest BCUT2D eigenvalue weighted by Crippen LogP contribution is 2.16. The van der Waals surface area contributed by atoms with E-state index in [9.17, 15) is 0 Å². The van der Waals surface area contributed by atoms with Gasteiger partial charge in [-0.2, -0.15) is 0 Å². The fraction of sp³-hybridized carbons (Fsp3) is 0.333. The second kappa shape index (κ2) is 4.44. The Labute approximate surface area is 92.5 Å². The first-order chi connectivity index (χ1) is 5.36. The zero-order chi connectivity index (χ0) is 7.68. The zero-order valence-corrected chi connectivity index (χ0v) is 9.61. The van der Waals surface area contributed by atoms with E-state index in [1.165, 1.54) is 21.1 Å². The van der Waals surface area contributed by atoms with E-state index in [1.807, 2.05) is 0 Å². The Bertz CT molecular complexity index is 275. The first-order valence-electron chi connectivity index (χ1n) is 3.84. The summed E-state index contributed by atoms with van der Waals surface area (Å²) in [4.78, 5) is 0. The summed E-state index contributed by atoms with van der Waals surface area (Å²) in [6.45, 7) is 2.18. The molecular formula is C9H11ClIN. The maximum atomic E-state index is 3.36. The van der Waals surface area contributed by atoms with Crippen molar-refractivity contribution >= 4 is 35.0 Å². The average Bonchev–Trinajstić information content (AvgIpc) is 2.04. The van der Waals surface area contributed by atoms with Crippen LogP contribution < -0.4 is 5.32 Å². The molecule has 0 unspecified atom stereocenters. The molecule has 1 aliphatic rings. The van der Waals surface area contributed by atoms with Crippen LogP contribution in [0.25, 0.3) is 0 Å². The number of nitrogens with one attached hydrogen (secondary N) is 1. The lowest BCUT2D eigenvalue weighted by molar-refractivity contribution is 0.643. The highest BCUT2D eigenvalue weighted by molar-refractivity contribution is 14.1. The number of fused-ring (bicyclic) bond motifs is 1. The highest BCUT2D eigenvalue weighted by atomic mass is 127. The summed E-state index contributed by atoms with van der Waals surface area (Å²) in [6.07, 6.45) is 1.19. The monoisotopic (exact) mass is 295 g/mol. The van der Waals surface area contributed by atoms with Crippen molar-refractivity contribution < 1.29 is 0 Å². The third-order valence-electron chi connectivity index (χ3n) is 2.05. The molecule has 66 valence electrons. The van der Waals surface area contributed by atoms with E-state index in [0.717, 1.165) is 13.1 Å². The standard InChI is InChI=1S/C9H10IN.ClH/c10-9-2-1-8-6-11-4-3-7(8)5-9;/h1-2,5,11H,3-4,6H2;1H. The fourth-order valence-corrected chi connectivity index (χ4v) is 2.00. The van der Waals surface area contributed by atoms with Crippen LogP contribution in [0.5, 0.6) is 0 Å². The molecule has 0 aliphatic carbocycles. The fourth-order valence-electron chi connectivity index (χ4n) is 1.45. The molecule has 0 radical (unpaired) electrons. The van der Waals surface area contributed by atoms with Crippen LogP contribution in [0.15, 0.2) is 18.2 Å². The predicted molar refractivity (Wildman–Crippen MR) is 61.8 cm³/mol. The highest BCUT2D eigenvalue weighted by Gasteiger charge is 2.07. The minimum atomic E-state index is 0. The van der Waals surface area contributed by atoms with Gasteiger partial charge in [-0.25, -0.2) is 0 Å². The molecule has 1 nitrogen and oxygen atoms in total. The van der Waals surface area contributed by atoms with Gasteiger partial charge in [0.15, 0.2) is 0 Å². The molecule has 0 fully saturated rings. The lowest BCUT2D eigenvalue weighted by Crippen LogP contribution is -2.23. The van der Waals surface area contributed by atoms with Gasteiger partial charge in [-0.05, 0) is 58.8 Å². The summed E-state index contributed by atoms with van der Waals surface area (Å²) in [5.74, 6) is 0. The molecule has 1 heterocycles. The van der Waals surface area contributed by atoms with E-state index in [1.54, 1.807) is 0 Å². The molecule has 0 amide bonds. The second-order valence-corrected chi connectivity index (χ2v) is 4.09. The van der Waals surface area contributed by atoms with Crippen molar-refractivity contribution in [2.75, 3.05) is 6.54 Å². The van der Waals surface area contributed by atoms with Gasteiger partial charge in [0, 0.05) is 10.1 Å². The molecule has 0 saturated carbocycles. The Morgan fingerprint density at radius 2 is 2.08 bits per heavy atom. The minimum absolute atomic E-state index is 0. The van der Waals surface area contributed by atoms with E-state index >= 15 is 0 Å². The Hall–Kier alpha value is 0.200. The SMILES string of the molecule is Cl.Ic1ccc2c(c1)CCNC2. The van der Waals surface area contributed by atoms with Crippen LogP contribution in [0.1, 0.15) is 11.1 Å². The molecule has 0 bridgehead atoms. The number of halogens is 2. The molecule has 12 heavy (non-hydrogen) atoms. The van der Waals surface area contributed by atoms with Crippen molar-refractivity contribution in [2.45, 2.75) is 13.0 Å². The third kappa shape index (κ3) is 2.12. The summed E-state index contributed by atoms with van der Waals surface area (Å²) < 4.78 is 1.35. The molecule has 2 rings (SSSR count). The van der Waals surface area contributed by atoms with Crippen molar-refractivity contribution in [2.24, 2.45) is 0 Å². The maximum absolute atomic E-state index is 3.36. The van der Waals surface area contributed by atoms with Crippen molar-refractivity contribution in [3.8, 4) is 0 Å². The molecule has 0 spiro atoms. The van der Waals surface area contributed by atoms with Crippen molar-refractivity contribution in [3.05, 3.63) is 32.9 Å². The lowest BCUT2D eigenvalue weighted by Gasteiger charge is -2.16. The van der Waals surface area contributed by atoms with Gasteiger partial charge in [-0.15, -0.1) is 12.4 Å². The Balaban J connectivity index is 0.000000720. The summed E-state index contributed by atoms with van der Waals surface area (Å²) in [7, 11) is 0. The van der Waals surface area contributed by atoms with Gasteiger partial charge in [-0.1, -0.05) is 6.07 Å². The van der Waals surface area contributed by atoms with Crippen molar-refractivity contribution in [3.63, 3.8) is 0 Å². The summed E-state index contributed by atoms with van der Waals surface area (Å²) in [5.41, 5.74) is 2.99. The molecule has 0 aromatic heterocycles. The summed E-state index contributed by atoms with van der Waals surface area (Å²) in [6, 6.07) is 6.69. The van der Waals surface area contributed by atoms with Gasteiger partial charge in [0.2, 0.25) is 0 Å². The Kier molecular flexibility index (Phi) is 3.80. The van der Waals surface area contributed by atoms with Gasteiger partial charge >= 0.3 is 0 Å². The lowest BCUT2D eigenvalue weighted by atomic mass is 10.0. The van der Waals surface area contributed by atoms with Gasteiger partial charge in [0.05, 0.1) is 0 Å². The molecular weight excluding hydrogens is 284 g/mol. The topological polar surface area (TPSA) is 12.0 Å². The van der Waals surface area contributed by atoms with Crippen LogP contribution >= 0.6 is 35.0 Å². The molecule has 1 aromatic carbocycles. The quantitative estimate of drug-likeness (QED) is 0.725. The van der Waals surface area contributed by atoms with Crippen LogP contribution in [-0.4, -0.2) is 6.54 Å². The minimum Gasteiger partial charge on any atom is -0.312 e. The van der Waals surface area contributed by atoms with Crippen molar-refractivity contribution in [1.82, 2.24) is 5.32 Å². The smallest absolute Gasteiger partial charge is 0.0208 e. The Morgan fingerprint density at radius 3 is 2.92 bits per heavy atom. The molecule has 1 aliphatic heterocycles. The molecule has 0 atom stereocenters. The number of hydrogen-bond donors (Lipinski definition) is 1. The van der Waals surface area contributed by atoms with Crippen LogP contribution in [-0.2, 0) is 13.0 Å². The zero-order valence-electron chi connectivity index (χ0n) is 6.64. The number of benzene rings is 1. The molecule has 1 aromatic rings. The number of hydrogen-bond acceptors (Lipinski definition) is 1. The second-order valence-electron chi connectivity index (χ2n) is 2.84. The first-order valence-corrected chi connectivity index (χ1v) is 4.92. The predicted octanol–water partition coefficient (Wildman–Crippen LogP) is 2.36. The van der Waals surface area contributed by atoms with Gasteiger partial charge < -0.3 is 5.32 Å². The number of rotatable bonds is 0. The van der Waals surface area contributed by atoms with Crippen LogP contribution in [0.4, 0.5) is 0 Å². The maximum Gasteiger partial charge on any atom is 0.0208 e. The van der Waals surface area contributed by atoms with Gasteiger partial charge in [0.1, 0.15) is 0 Å². The first kappa shape index (κ1) is 10.3. The van der Waals surface area contributed by atoms with Crippen LogP contribution in [0.2, 0.25) is 0 Å². The largest absolute Gasteiger partial charge is 0.312 e. The Morgan fingerprint density at radius 1 is 1.25 bits per heavy atom. The molecule has 3 heteroatoms. The van der Waals surface area contributed by atoms with E-state index in [2.05, 4.69) is 46.1 Å². The van der Waals surface area contributed by atoms with Gasteiger partial charge in [0.25, 0.3) is 0 Å². The van der Waals surface area contributed by atoms with E-state index < -0.39 is 0 Å². The summed E-state index contributed by atoms with van der Waals surface area (Å²) in [5, 5.41) is 3.36. The van der Waals surface area contributed by atoms with Crippen molar-refractivity contribution in [1.29, 1.82) is 0 Å². The van der Waals surface area contributed by atoms with Crippen LogP contribution in [0.3, 0.4) is 0 Å². The van der Waals surface area contributed by atoms with Crippen LogP contribution in [0, 0.1) is 3.57 Å². The van der Waals surface area contributed by atoms with E-state index in [4.69, 9.17) is 0 Å². The molecule has 0 saturated heterocycles. The van der Waals surface area contributed by atoms with E-state index in [0.29, 0.717) is 0 Å².